The Morgan fingerprint density at radius 3 is 2.86 bits per heavy atom. The van der Waals surface area contributed by atoms with E-state index in [9.17, 15) is 9.18 Å². The van der Waals surface area contributed by atoms with Crippen LogP contribution in [0.1, 0.15) is 10.4 Å². The van der Waals surface area contributed by atoms with E-state index in [1.165, 1.54) is 25.4 Å². The van der Waals surface area contributed by atoms with E-state index in [0.29, 0.717) is 16.5 Å². The van der Waals surface area contributed by atoms with Gasteiger partial charge in [0.15, 0.2) is 11.6 Å². The van der Waals surface area contributed by atoms with E-state index >= 15 is 0 Å². The van der Waals surface area contributed by atoms with Gasteiger partial charge in [0.1, 0.15) is 5.75 Å². The van der Waals surface area contributed by atoms with Gasteiger partial charge in [-0.2, -0.15) is 0 Å². The highest BCUT2D eigenvalue weighted by Gasteiger charge is 2.17. The first-order valence-electron chi connectivity index (χ1n) is 5.82. The number of pyridine rings is 1. The van der Waals surface area contributed by atoms with Gasteiger partial charge in [0, 0.05) is 11.2 Å². The minimum absolute atomic E-state index is 0.208. The summed E-state index contributed by atoms with van der Waals surface area (Å²) in [7, 11) is 1.45. The van der Waals surface area contributed by atoms with Crippen molar-refractivity contribution in [2.75, 3.05) is 17.9 Å². The lowest BCUT2D eigenvalue weighted by molar-refractivity contribution is 0.102. The summed E-state index contributed by atoms with van der Waals surface area (Å²) >= 11 is 5.86. The molecule has 0 bridgehead atoms. The monoisotopic (exact) mass is 310 g/mol. The van der Waals surface area contributed by atoms with E-state index in [1.54, 1.807) is 12.1 Å². The molecule has 8 heteroatoms. The first-order valence-corrected chi connectivity index (χ1v) is 6.20. The van der Waals surface area contributed by atoms with Crippen LogP contribution in [0, 0.1) is 5.82 Å². The maximum Gasteiger partial charge on any atom is 0.258 e. The third kappa shape index (κ3) is 3.21. The van der Waals surface area contributed by atoms with Gasteiger partial charge in [-0.25, -0.2) is 15.2 Å². The summed E-state index contributed by atoms with van der Waals surface area (Å²) in [5.41, 5.74) is 2.19. The van der Waals surface area contributed by atoms with Crippen molar-refractivity contribution in [3.05, 3.63) is 46.9 Å². The molecule has 0 unspecified atom stereocenters. The van der Waals surface area contributed by atoms with E-state index in [-0.39, 0.29) is 11.4 Å². The van der Waals surface area contributed by atoms with Crippen molar-refractivity contribution >= 4 is 29.0 Å². The fourth-order valence-corrected chi connectivity index (χ4v) is 1.86. The highest BCUT2D eigenvalue weighted by molar-refractivity contribution is 6.31. The zero-order chi connectivity index (χ0) is 15.4. The number of methoxy groups -OCH3 is 1. The second-order valence-corrected chi connectivity index (χ2v) is 4.40. The molecule has 0 aliphatic carbocycles. The molecule has 0 atom stereocenters. The van der Waals surface area contributed by atoms with Crippen LogP contribution in [-0.4, -0.2) is 18.0 Å². The molecule has 110 valence electrons. The molecule has 0 radical (unpaired) electrons. The number of hydrogen-bond donors (Lipinski definition) is 3. The lowest BCUT2D eigenvalue weighted by Crippen LogP contribution is -2.17. The molecule has 0 spiro atoms. The Labute approximate surface area is 125 Å². The molecule has 1 aromatic carbocycles. The van der Waals surface area contributed by atoms with E-state index in [1.807, 2.05) is 0 Å². The third-order valence-corrected chi connectivity index (χ3v) is 2.92. The molecule has 0 aliphatic heterocycles. The first-order chi connectivity index (χ1) is 10.1. The fraction of sp³-hybridized carbons (Fsp3) is 0.0769. The van der Waals surface area contributed by atoms with Gasteiger partial charge in [-0.3, -0.25) is 4.79 Å². The quantitative estimate of drug-likeness (QED) is 0.596. The topological polar surface area (TPSA) is 89.3 Å². The van der Waals surface area contributed by atoms with Gasteiger partial charge in [0.25, 0.3) is 5.91 Å². The number of benzene rings is 1. The summed E-state index contributed by atoms with van der Waals surface area (Å²) in [5.74, 6) is 3.77. The minimum atomic E-state index is -0.849. The zero-order valence-electron chi connectivity index (χ0n) is 11.0. The van der Waals surface area contributed by atoms with Crippen molar-refractivity contribution < 1.29 is 13.9 Å². The number of halogens is 2. The number of nitrogens with one attached hydrogen (secondary N) is 2. The predicted octanol–water partition coefficient (Wildman–Crippen LogP) is 2.42. The lowest BCUT2D eigenvalue weighted by Gasteiger charge is -2.11. The van der Waals surface area contributed by atoms with E-state index in [0.717, 1.165) is 0 Å². The Balaban J connectivity index is 2.32. The fourth-order valence-electron chi connectivity index (χ4n) is 1.69. The molecule has 2 aromatic rings. The zero-order valence-corrected chi connectivity index (χ0v) is 11.7. The summed E-state index contributed by atoms with van der Waals surface area (Å²) in [6, 6.07) is 5.94. The van der Waals surface area contributed by atoms with Crippen LogP contribution in [0.4, 0.5) is 15.9 Å². The molecular weight excluding hydrogens is 299 g/mol. The van der Waals surface area contributed by atoms with Gasteiger partial charge >= 0.3 is 0 Å². The van der Waals surface area contributed by atoms with Crippen molar-refractivity contribution in [1.82, 2.24) is 4.98 Å². The van der Waals surface area contributed by atoms with Gasteiger partial charge in [-0.05, 0) is 24.3 Å². The number of carbonyl (C=O) groups is 1. The largest absolute Gasteiger partial charge is 0.495 e. The normalized spacial score (nSPS) is 10.1. The average Bonchev–Trinajstić information content (AvgIpc) is 2.47. The highest BCUT2D eigenvalue weighted by Crippen LogP contribution is 2.28. The molecule has 0 fully saturated rings. The standard InChI is InChI=1S/C13H12ClFN4O2/c1-21-10-3-2-7(14)6-9(10)18-13(20)8-4-5-17-12(19-16)11(8)15/h2-6H,16H2,1H3,(H,17,19)(H,18,20). The van der Waals surface area contributed by atoms with Crippen LogP contribution >= 0.6 is 11.6 Å². The Hall–Kier alpha value is -2.38. The van der Waals surface area contributed by atoms with Crippen molar-refractivity contribution in [3.63, 3.8) is 0 Å². The van der Waals surface area contributed by atoms with Gasteiger partial charge in [-0.15, -0.1) is 0 Å². The van der Waals surface area contributed by atoms with Gasteiger partial charge in [0.2, 0.25) is 0 Å². The molecule has 21 heavy (non-hydrogen) atoms. The number of ether oxygens (including phenoxy) is 1. The first kappa shape index (κ1) is 15.0. The summed E-state index contributed by atoms with van der Waals surface area (Å²) in [6.45, 7) is 0. The number of nitrogens with two attached hydrogens (primary N) is 1. The van der Waals surface area contributed by atoms with Crippen molar-refractivity contribution in [2.45, 2.75) is 0 Å². The Morgan fingerprint density at radius 2 is 2.19 bits per heavy atom. The number of hydrogen-bond acceptors (Lipinski definition) is 5. The van der Waals surface area contributed by atoms with E-state index in [2.05, 4.69) is 15.7 Å². The Kier molecular flexibility index (Phi) is 4.56. The van der Waals surface area contributed by atoms with Crippen LogP contribution in [-0.2, 0) is 0 Å². The van der Waals surface area contributed by atoms with Crippen LogP contribution in [0.5, 0.6) is 5.75 Å². The number of nitrogens with zero attached hydrogens (tertiary/aromatic N) is 1. The third-order valence-electron chi connectivity index (χ3n) is 2.68. The number of amides is 1. The molecule has 1 amide bonds. The maximum atomic E-state index is 14.0. The van der Waals surface area contributed by atoms with E-state index < -0.39 is 11.7 Å². The number of anilines is 2. The van der Waals surface area contributed by atoms with Crippen molar-refractivity contribution in [3.8, 4) is 5.75 Å². The maximum absolute atomic E-state index is 14.0. The molecule has 0 aliphatic rings. The predicted molar refractivity (Wildman–Crippen MR) is 78.0 cm³/mol. The molecule has 1 aromatic heterocycles. The van der Waals surface area contributed by atoms with Gasteiger partial charge in [-0.1, -0.05) is 11.6 Å². The number of rotatable bonds is 4. The Bertz CT molecular complexity index is 681. The van der Waals surface area contributed by atoms with Crippen molar-refractivity contribution in [2.24, 2.45) is 5.84 Å². The molecule has 2 rings (SSSR count). The van der Waals surface area contributed by atoms with Crippen LogP contribution in [0.15, 0.2) is 30.5 Å². The number of hydrazine groups is 1. The molecule has 4 N–H and O–H groups in total. The van der Waals surface area contributed by atoms with Crippen molar-refractivity contribution in [1.29, 1.82) is 0 Å². The summed E-state index contributed by atoms with van der Waals surface area (Å²) in [5, 5.41) is 2.93. The van der Waals surface area contributed by atoms with Crippen LogP contribution in [0.2, 0.25) is 5.02 Å². The average molecular weight is 311 g/mol. The SMILES string of the molecule is COc1ccc(Cl)cc1NC(=O)c1ccnc(NN)c1F. The lowest BCUT2D eigenvalue weighted by atomic mass is 10.2. The van der Waals surface area contributed by atoms with Gasteiger partial charge < -0.3 is 15.5 Å². The number of nitrogen functional groups attached to an aromatic ring is 1. The summed E-state index contributed by atoms with van der Waals surface area (Å²) in [6.07, 6.45) is 1.27. The molecule has 1 heterocycles. The smallest absolute Gasteiger partial charge is 0.258 e. The molecule has 0 saturated carbocycles. The number of aromatic nitrogens is 1. The number of carbonyl (C=O) groups excluding carboxylic acids is 1. The van der Waals surface area contributed by atoms with E-state index in [4.69, 9.17) is 22.2 Å². The Morgan fingerprint density at radius 1 is 1.43 bits per heavy atom. The van der Waals surface area contributed by atoms with Crippen LogP contribution < -0.4 is 21.3 Å². The summed E-state index contributed by atoms with van der Waals surface area (Å²) < 4.78 is 19.1. The summed E-state index contributed by atoms with van der Waals surface area (Å²) in [4.78, 5) is 15.8. The molecule has 6 nitrogen and oxygen atoms in total. The van der Waals surface area contributed by atoms with Crippen LogP contribution in [0.25, 0.3) is 0 Å². The van der Waals surface area contributed by atoms with Gasteiger partial charge in [0.05, 0.1) is 18.4 Å². The second kappa shape index (κ2) is 6.38. The second-order valence-electron chi connectivity index (χ2n) is 3.96. The van der Waals surface area contributed by atoms with Crippen LogP contribution in [0.3, 0.4) is 0 Å². The molecule has 0 saturated heterocycles. The molecular formula is C13H12ClFN4O2. The minimum Gasteiger partial charge on any atom is -0.495 e. The highest BCUT2D eigenvalue weighted by atomic mass is 35.5.